The Balaban J connectivity index is 1.95. The number of nitrogens with zero attached hydrogens (tertiary/aromatic N) is 1. The molecule has 2 nitrogen and oxygen atoms in total. The average molecular weight is 260 g/mol. The Morgan fingerprint density at radius 1 is 1.22 bits per heavy atom. The summed E-state index contributed by atoms with van der Waals surface area (Å²) in [6.45, 7) is 6.34. The third-order valence-corrected chi connectivity index (χ3v) is 3.90. The summed E-state index contributed by atoms with van der Waals surface area (Å²) in [6, 6.07) is 8.55. The molecule has 1 heterocycles. The summed E-state index contributed by atoms with van der Waals surface area (Å²) >= 11 is 1.78. The summed E-state index contributed by atoms with van der Waals surface area (Å²) in [4.78, 5) is 5.80. The van der Waals surface area contributed by atoms with Gasteiger partial charge in [-0.15, -0.1) is 11.3 Å². The largest absolute Gasteiger partial charge is 0.312 e. The summed E-state index contributed by atoms with van der Waals surface area (Å²) in [5.41, 5.74) is 2.50. The van der Waals surface area contributed by atoms with Crippen molar-refractivity contribution < 1.29 is 0 Å². The zero-order chi connectivity index (χ0) is 12.8. The lowest BCUT2D eigenvalue weighted by atomic mass is 10.2. The molecule has 0 saturated carbocycles. The van der Waals surface area contributed by atoms with E-state index in [0.717, 1.165) is 18.1 Å². The molecule has 0 spiro atoms. The van der Waals surface area contributed by atoms with Gasteiger partial charge in [0.25, 0.3) is 0 Å². The highest BCUT2D eigenvalue weighted by molar-refractivity contribution is 7.15. The molecule has 1 N–H and O–H groups in total. The Hall–Kier alpha value is -1.19. The third kappa shape index (κ3) is 3.65. The molecule has 0 bridgehead atoms. The Morgan fingerprint density at radius 2 is 2.00 bits per heavy atom. The van der Waals surface area contributed by atoms with Crippen molar-refractivity contribution in [3.63, 3.8) is 0 Å². The van der Waals surface area contributed by atoms with E-state index in [-0.39, 0.29) is 0 Å². The van der Waals surface area contributed by atoms with Crippen molar-refractivity contribution >= 4 is 11.3 Å². The smallest absolute Gasteiger partial charge is 0.123 e. The Labute approximate surface area is 113 Å². The van der Waals surface area contributed by atoms with Gasteiger partial charge in [0.15, 0.2) is 0 Å². The van der Waals surface area contributed by atoms with E-state index in [1.807, 2.05) is 6.20 Å². The van der Waals surface area contributed by atoms with Crippen molar-refractivity contribution in [2.45, 2.75) is 33.2 Å². The molecule has 0 radical (unpaired) electrons. The highest BCUT2D eigenvalue weighted by Crippen LogP contribution is 2.25. The molecule has 1 aromatic carbocycles. The summed E-state index contributed by atoms with van der Waals surface area (Å²) in [5.74, 6) is 0. The van der Waals surface area contributed by atoms with Crippen LogP contribution in [-0.2, 0) is 6.54 Å². The molecule has 0 unspecified atom stereocenters. The molecule has 0 aliphatic heterocycles. The van der Waals surface area contributed by atoms with E-state index >= 15 is 0 Å². The van der Waals surface area contributed by atoms with Crippen LogP contribution in [0.3, 0.4) is 0 Å². The van der Waals surface area contributed by atoms with Gasteiger partial charge < -0.3 is 5.32 Å². The number of hydrogen-bond donors (Lipinski definition) is 1. The maximum absolute atomic E-state index is 4.49. The van der Waals surface area contributed by atoms with Gasteiger partial charge in [-0.25, -0.2) is 4.98 Å². The molecule has 3 heteroatoms. The Bertz CT molecular complexity index is 473. The van der Waals surface area contributed by atoms with Gasteiger partial charge in [0.2, 0.25) is 0 Å². The normalized spacial score (nSPS) is 10.8. The fraction of sp³-hybridized carbons (Fsp3) is 0.400. The van der Waals surface area contributed by atoms with Crippen LogP contribution < -0.4 is 5.32 Å². The first-order chi connectivity index (χ1) is 8.79. The fourth-order valence-electron chi connectivity index (χ4n) is 1.73. The van der Waals surface area contributed by atoms with E-state index in [1.165, 1.54) is 28.8 Å². The van der Waals surface area contributed by atoms with E-state index in [4.69, 9.17) is 0 Å². The molecule has 2 aromatic rings. The maximum atomic E-state index is 4.49. The first kappa shape index (κ1) is 13.2. The van der Waals surface area contributed by atoms with E-state index < -0.39 is 0 Å². The molecule has 0 fully saturated rings. The van der Waals surface area contributed by atoms with Crippen LogP contribution in [0.2, 0.25) is 0 Å². The first-order valence-corrected chi connectivity index (χ1v) is 7.33. The number of thiazole rings is 1. The van der Waals surface area contributed by atoms with Crippen molar-refractivity contribution in [3.05, 3.63) is 40.9 Å². The standard InChI is InChI=1S/C15H20N2S/c1-3-4-9-16-10-14-11-17-15(18-14)13-7-5-12(2)6-8-13/h5-8,11,16H,3-4,9-10H2,1-2H3. The third-order valence-electron chi connectivity index (χ3n) is 2.86. The summed E-state index contributed by atoms with van der Waals surface area (Å²) in [5, 5.41) is 4.56. The molecule has 0 aliphatic carbocycles. The number of hydrogen-bond acceptors (Lipinski definition) is 3. The molecule has 0 atom stereocenters. The van der Waals surface area contributed by atoms with Gasteiger partial charge in [-0.2, -0.15) is 0 Å². The minimum atomic E-state index is 0.934. The molecule has 0 amide bonds. The Morgan fingerprint density at radius 3 is 2.72 bits per heavy atom. The summed E-state index contributed by atoms with van der Waals surface area (Å²) in [6.07, 6.45) is 4.47. The van der Waals surface area contributed by atoms with Crippen molar-refractivity contribution in [3.8, 4) is 10.6 Å². The second kappa shape index (κ2) is 6.66. The van der Waals surface area contributed by atoms with E-state index in [2.05, 4.69) is 48.4 Å². The SMILES string of the molecule is CCCCNCc1cnc(-c2ccc(C)cc2)s1. The quantitative estimate of drug-likeness (QED) is 0.794. The predicted molar refractivity (Wildman–Crippen MR) is 78.9 cm³/mol. The van der Waals surface area contributed by atoms with Crippen LogP contribution in [0.25, 0.3) is 10.6 Å². The molecule has 0 aliphatic rings. The second-order valence-electron chi connectivity index (χ2n) is 4.53. The number of unbranched alkanes of at least 4 members (excludes halogenated alkanes) is 1. The van der Waals surface area contributed by atoms with Gasteiger partial charge in [0.1, 0.15) is 5.01 Å². The van der Waals surface area contributed by atoms with Crippen LogP contribution >= 0.6 is 11.3 Å². The van der Waals surface area contributed by atoms with Gasteiger partial charge in [-0.05, 0) is 19.9 Å². The van der Waals surface area contributed by atoms with Crippen LogP contribution in [0.15, 0.2) is 30.5 Å². The molecule has 18 heavy (non-hydrogen) atoms. The highest BCUT2D eigenvalue weighted by Gasteiger charge is 2.04. The van der Waals surface area contributed by atoms with E-state index in [1.54, 1.807) is 11.3 Å². The maximum Gasteiger partial charge on any atom is 0.123 e. The molecular weight excluding hydrogens is 240 g/mol. The predicted octanol–water partition coefficient (Wildman–Crippen LogP) is 4.01. The van der Waals surface area contributed by atoms with Gasteiger partial charge in [-0.3, -0.25) is 0 Å². The lowest BCUT2D eigenvalue weighted by Crippen LogP contribution is -2.13. The van der Waals surface area contributed by atoms with Crippen LogP contribution in [0.1, 0.15) is 30.2 Å². The van der Waals surface area contributed by atoms with Crippen molar-refractivity contribution in [1.82, 2.24) is 10.3 Å². The molecular formula is C15H20N2S. The molecule has 2 rings (SSSR count). The van der Waals surface area contributed by atoms with Gasteiger partial charge in [0.05, 0.1) is 0 Å². The van der Waals surface area contributed by atoms with Gasteiger partial charge in [0, 0.05) is 23.2 Å². The van der Waals surface area contributed by atoms with Crippen molar-refractivity contribution in [1.29, 1.82) is 0 Å². The monoisotopic (exact) mass is 260 g/mol. The zero-order valence-electron chi connectivity index (χ0n) is 11.1. The number of benzene rings is 1. The minimum Gasteiger partial charge on any atom is -0.312 e. The summed E-state index contributed by atoms with van der Waals surface area (Å²) in [7, 11) is 0. The fourth-order valence-corrected chi connectivity index (χ4v) is 2.62. The van der Waals surface area contributed by atoms with Crippen molar-refractivity contribution in [2.75, 3.05) is 6.54 Å². The number of aromatic nitrogens is 1. The zero-order valence-corrected chi connectivity index (χ0v) is 11.9. The number of aryl methyl sites for hydroxylation is 1. The first-order valence-electron chi connectivity index (χ1n) is 6.52. The van der Waals surface area contributed by atoms with Gasteiger partial charge >= 0.3 is 0 Å². The second-order valence-corrected chi connectivity index (χ2v) is 5.64. The highest BCUT2D eigenvalue weighted by atomic mass is 32.1. The molecule has 96 valence electrons. The Kier molecular flexibility index (Phi) is 4.90. The van der Waals surface area contributed by atoms with E-state index in [9.17, 15) is 0 Å². The lowest BCUT2D eigenvalue weighted by Gasteiger charge is -2.00. The van der Waals surface area contributed by atoms with Crippen molar-refractivity contribution in [2.24, 2.45) is 0 Å². The topological polar surface area (TPSA) is 24.9 Å². The van der Waals surface area contributed by atoms with E-state index in [0.29, 0.717) is 0 Å². The number of rotatable bonds is 6. The lowest BCUT2D eigenvalue weighted by molar-refractivity contribution is 0.645. The van der Waals surface area contributed by atoms with Gasteiger partial charge in [-0.1, -0.05) is 43.2 Å². The number of nitrogens with one attached hydrogen (secondary N) is 1. The van der Waals surface area contributed by atoms with Crippen LogP contribution in [0, 0.1) is 6.92 Å². The minimum absolute atomic E-state index is 0.934. The molecule has 1 aromatic heterocycles. The van der Waals surface area contributed by atoms with Crippen LogP contribution in [-0.4, -0.2) is 11.5 Å². The molecule has 0 saturated heterocycles. The average Bonchev–Trinajstić information content (AvgIpc) is 2.84. The van der Waals surface area contributed by atoms with Crippen LogP contribution in [0.5, 0.6) is 0 Å². The summed E-state index contributed by atoms with van der Waals surface area (Å²) < 4.78 is 0. The van der Waals surface area contributed by atoms with Crippen LogP contribution in [0.4, 0.5) is 0 Å².